The Morgan fingerprint density at radius 3 is 2.30 bits per heavy atom. The molecular formula is C27H44N4O6. The first-order valence-corrected chi connectivity index (χ1v) is 12.9. The molecule has 10 nitrogen and oxygen atoms in total. The first kappa shape index (κ1) is 31.7. The third-order valence-electron chi connectivity index (χ3n) is 5.66. The minimum absolute atomic E-state index is 0.105. The van der Waals surface area contributed by atoms with Crippen molar-refractivity contribution in [1.29, 1.82) is 0 Å². The number of alkyl carbamates (subject to hydrolysis) is 1. The van der Waals surface area contributed by atoms with Gasteiger partial charge in [-0.05, 0) is 53.0 Å². The van der Waals surface area contributed by atoms with Crippen molar-refractivity contribution >= 4 is 23.8 Å². The lowest BCUT2D eigenvalue weighted by atomic mass is 9.98. The molecule has 0 aromatic heterocycles. The molecule has 0 radical (unpaired) electrons. The Morgan fingerprint density at radius 1 is 1.11 bits per heavy atom. The van der Waals surface area contributed by atoms with Crippen LogP contribution in [0.1, 0.15) is 90.8 Å². The topological polar surface area (TPSA) is 151 Å². The molecule has 0 bridgehead atoms. The van der Waals surface area contributed by atoms with Crippen LogP contribution >= 0.6 is 0 Å². The Kier molecular flexibility index (Phi) is 12.4. The zero-order valence-electron chi connectivity index (χ0n) is 23.2. The van der Waals surface area contributed by atoms with Crippen LogP contribution in [0.5, 0.6) is 5.75 Å². The Morgan fingerprint density at radius 2 is 1.76 bits per heavy atom. The fraction of sp³-hybridized carbons (Fsp3) is 0.630. The van der Waals surface area contributed by atoms with Crippen LogP contribution in [0.4, 0.5) is 4.79 Å². The molecule has 3 unspecified atom stereocenters. The van der Waals surface area contributed by atoms with E-state index in [0.717, 1.165) is 12.8 Å². The van der Waals surface area contributed by atoms with E-state index in [9.17, 15) is 24.3 Å². The van der Waals surface area contributed by atoms with Gasteiger partial charge in [0.05, 0.1) is 6.42 Å². The van der Waals surface area contributed by atoms with E-state index >= 15 is 0 Å². The highest BCUT2D eigenvalue weighted by atomic mass is 16.6. The van der Waals surface area contributed by atoms with Gasteiger partial charge in [-0.25, -0.2) is 4.79 Å². The Bertz CT molecular complexity index is 943. The number of carbonyl (C=O) groups is 4. The number of nitrogens with one attached hydrogen (secondary N) is 2. The number of para-hydroxylation sites is 1. The fourth-order valence-electron chi connectivity index (χ4n) is 3.93. The molecule has 5 N–H and O–H groups in total. The van der Waals surface area contributed by atoms with Gasteiger partial charge in [0.1, 0.15) is 23.4 Å². The number of phenolic OH excluding ortho intramolecular Hbond substituents is 1. The smallest absolute Gasteiger partial charge is 0.408 e. The molecule has 3 atom stereocenters. The Hall–Kier alpha value is -3.30. The number of primary amides is 1. The zero-order valence-corrected chi connectivity index (χ0v) is 23.2. The van der Waals surface area contributed by atoms with Crippen LogP contribution in [0.3, 0.4) is 0 Å². The van der Waals surface area contributed by atoms with E-state index in [0.29, 0.717) is 18.4 Å². The molecule has 0 aliphatic carbocycles. The van der Waals surface area contributed by atoms with Gasteiger partial charge in [0.25, 0.3) is 0 Å². The molecule has 10 heteroatoms. The van der Waals surface area contributed by atoms with Crippen molar-refractivity contribution in [2.75, 3.05) is 6.54 Å². The monoisotopic (exact) mass is 520 g/mol. The number of aromatic hydroxyl groups is 1. The van der Waals surface area contributed by atoms with E-state index in [-0.39, 0.29) is 23.9 Å². The largest absolute Gasteiger partial charge is 0.507 e. The second-order valence-corrected chi connectivity index (χ2v) is 10.4. The van der Waals surface area contributed by atoms with Gasteiger partial charge in [0, 0.05) is 18.2 Å². The van der Waals surface area contributed by atoms with Crippen molar-refractivity contribution in [2.45, 2.75) is 104 Å². The third kappa shape index (κ3) is 10.3. The number of aryl methyl sites for hydroxylation is 1. The lowest BCUT2D eigenvalue weighted by Crippen LogP contribution is -2.54. The van der Waals surface area contributed by atoms with Crippen molar-refractivity contribution < 1.29 is 29.0 Å². The molecule has 208 valence electrons. The number of amides is 4. The summed E-state index contributed by atoms with van der Waals surface area (Å²) in [6, 6.07) is 2.26. The van der Waals surface area contributed by atoms with Gasteiger partial charge in [-0.3, -0.25) is 14.4 Å². The first-order chi connectivity index (χ1) is 17.2. The molecule has 0 saturated carbocycles. The van der Waals surface area contributed by atoms with Crippen LogP contribution in [0.2, 0.25) is 0 Å². The number of nitrogens with zero attached hydrogens (tertiary/aromatic N) is 1. The van der Waals surface area contributed by atoms with E-state index in [1.54, 1.807) is 45.9 Å². The molecule has 1 aromatic rings. The molecule has 0 aliphatic rings. The summed E-state index contributed by atoms with van der Waals surface area (Å²) < 4.78 is 5.28. The molecule has 0 heterocycles. The summed E-state index contributed by atoms with van der Waals surface area (Å²) in [6.07, 6.45) is 1.46. The summed E-state index contributed by atoms with van der Waals surface area (Å²) in [4.78, 5) is 53.2. The van der Waals surface area contributed by atoms with Crippen LogP contribution in [-0.2, 0) is 19.1 Å². The SMILES string of the molecule is CCCCN(C(=O)C(CC(N)=O)NC(=O)OC(C)(C)C)C(C(=O)NC(C)CCC)c1cccc(C)c1O. The van der Waals surface area contributed by atoms with E-state index in [1.807, 2.05) is 20.8 Å². The molecule has 4 amide bonds. The molecule has 0 fully saturated rings. The van der Waals surface area contributed by atoms with Crippen molar-refractivity contribution in [3.05, 3.63) is 29.3 Å². The molecule has 0 spiro atoms. The number of ether oxygens (including phenoxy) is 1. The van der Waals surface area contributed by atoms with E-state index in [2.05, 4.69) is 10.6 Å². The standard InChI is InChI=1S/C27H44N4O6/c1-8-10-15-31(25(35)20(16-21(28)32)30-26(36)37-27(5,6)7)22(24(34)29-18(4)12-9-2)19-14-11-13-17(3)23(19)33/h11,13-14,18,20,22,33H,8-10,12,15-16H2,1-7H3,(H2,28,32)(H,29,34)(H,30,36). The van der Waals surface area contributed by atoms with Crippen molar-refractivity contribution in [3.63, 3.8) is 0 Å². The predicted octanol–water partition coefficient (Wildman–Crippen LogP) is 3.44. The van der Waals surface area contributed by atoms with Crippen LogP contribution in [-0.4, -0.2) is 58.1 Å². The van der Waals surface area contributed by atoms with Gasteiger partial charge in [-0.15, -0.1) is 0 Å². The average Bonchev–Trinajstić information content (AvgIpc) is 2.76. The second kappa shape index (κ2) is 14.4. The molecule has 1 rings (SSSR count). The van der Waals surface area contributed by atoms with Crippen LogP contribution in [0.25, 0.3) is 0 Å². The number of carbonyl (C=O) groups excluding carboxylic acids is 4. The quantitative estimate of drug-likeness (QED) is 0.313. The number of hydrogen-bond acceptors (Lipinski definition) is 6. The van der Waals surface area contributed by atoms with Crippen LogP contribution < -0.4 is 16.4 Å². The maximum Gasteiger partial charge on any atom is 0.408 e. The molecular weight excluding hydrogens is 476 g/mol. The van der Waals surface area contributed by atoms with Crippen LogP contribution in [0.15, 0.2) is 18.2 Å². The highest BCUT2D eigenvalue weighted by Gasteiger charge is 2.38. The summed E-state index contributed by atoms with van der Waals surface area (Å²) in [7, 11) is 0. The average molecular weight is 521 g/mol. The van der Waals surface area contributed by atoms with E-state index < -0.39 is 47.9 Å². The maximum absolute atomic E-state index is 13.9. The molecule has 0 saturated heterocycles. The van der Waals surface area contributed by atoms with Crippen molar-refractivity contribution in [3.8, 4) is 5.75 Å². The summed E-state index contributed by atoms with van der Waals surface area (Å²) in [5, 5.41) is 16.3. The Balaban J connectivity index is 3.57. The first-order valence-electron chi connectivity index (χ1n) is 12.9. The van der Waals surface area contributed by atoms with Gasteiger partial charge >= 0.3 is 6.09 Å². The normalized spacial score (nSPS) is 13.7. The third-order valence-corrected chi connectivity index (χ3v) is 5.66. The van der Waals surface area contributed by atoms with Crippen molar-refractivity contribution in [2.24, 2.45) is 5.73 Å². The van der Waals surface area contributed by atoms with Gasteiger partial charge < -0.3 is 31.1 Å². The summed E-state index contributed by atoms with van der Waals surface area (Å²) in [5.74, 6) is -2.06. The highest BCUT2D eigenvalue weighted by Crippen LogP contribution is 2.33. The van der Waals surface area contributed by atoms with Gasteiger partial charge in [-0.1, -0.05) is 44.9 Å². The van der Waals surface area contributed by atoms with Crippen LogP contribution in [0, 0.1) is 6.92 Å². The summed E-state index contributed by atoms with van der Waals surface area (Å²) in [5.41, 5.74) is 5.36. The van der Waals surface area contributed by atoms with Gasteiger partial charge in [0.2, 0.25) is 17.7 Å². The molecule has 37 heavy (non-hydrogen) atoms. The van der Waals surface area contributed by atoms with E-state index in [1.165, 1.54) is 4.90 Å². The highest BCUT2D eigenvalue weighted by molar-refractivity contribution is 5.95. The minimum atomic E-state index is -1.36. The number of benzene rings is 1. The lowest BCUT2D eigenvalue weighted by molar-refractivity contribution is -0.143. The number of unbranched alkanes of at least 4 members (excludes halogenated alkanes) is 1. The number of hydrogen-bond donors (Lipinski definition) is 4. The predicted molar refractivity (Wildman–Crippen MR) is 142 cm³/mol. The molecule has 1 aromatic carbocycles. The number of phenols is 1. The van der Waals surface area contributed by atoms with E-state index in [4.69, 9.17) is 10.5 Å². The molecule has 0 aliphatic heterocycles. The summed E-state index contributed by atoms with van der Waals surface area (Å²) >= 11 is 0. The summed E-state index contributed by atoms with van der Waals surface area (Å²) in [6.45, 7) is 12.7. The fourth-order valence-corrected chi connectivity index (χ4v) is 3.93. The number of rotatable bonds is 13. The zero-order chi connectivity index (χ0) is 28.3. The maximum atomic E-state index is 13.9. The Labute approximate surface area is 220 Å². The van der Waals surface area contributed by atoms with Gasteiger partial charge in [-0.2, -0.15) is 0 Å². The van der Waals surface area contributed by atoms with Gasteiger partial charge in [0.15, 0.2) is 0 Å². The minimum Gasteiger partial charge on any atom is -0.507 e. The number of nitrogens with two attached hydrogens (primary N) is 1. The lowest BCUT2D eigenvalue weighted by Gasteiger charge is -2.35. The second-order valence-electron chi connectivity index (χ2n) is 10.4. The van der Waals surface area contributed by atoms with Crippen molar-refractivity contribution in [1.82, 2.24) is 15.5 Å².